The number of rotatable bonds is 5. The molecule has 2 aliphatic rings. The second-order valence-electron chi connectivity index (χ2n) is 7.64. The highest BCUT2D eigenvalue weighted by molar-refractivity contribution is 5.85. The van der Waals surface area contributed by atoms with E-state index in [-0.39, 0.29) is 12.1 Å². The third kappa shape index (κ3) is 3.22. The number of terminal acetylenes is 1. The van der Waals surface area contributed by atoms with Gasteiger partial charge in [-0.25, -0.2) is 4.79 Å². The maximum Gasteiger partial charge on any atom is 0.348 e. The second-order valence-corrected chi connectivity index (χ2v) is 7.64. The molecule has 4 nitrogen and oxygen atoms in total. The van der Waals surface area contributed by atoms with Gasteiger partial charge in [-0.2, -0.15) is 0 Å². The van der Waals surface area contributed by atoms with Crippen molar-refractivity contribution >= 4 is 5.97 Å². The zero-order valence-electron chi connectivity index (χ0n) is 15.8. The topological polar surface area (TPSA) is 49.8 Å². The third-order valence-corrected chi connectivity index (χ3v) is 6.12. The zero-order valence-corrected chi connectivity index (χ0v) is 15.8. The van der Waals surface area contributed by atoms with Crippen LogP contribution in [-0.4, -0.2) is 40.7 Å². The number of fused-ring (bicyclic) bond motifs is 2. The van der Waals surface area contributed by atoms with E-state index < -0.39 is 11.6 Å². The Morgan fingerprint density at radius 2 is 1.61 bits per heavy atom. The number of hydrogen-bond donors (Lipinski definition) is 1. The number of benzene rings is 2. The van der Waals surface area contributed by atoms with E-state index in [0.717, 1.165) is 25.7 Å². The lowest BCUT2D eigenvalue weighted by Gasteiger charge is -2.39. The number of aliphatic hydroxyl groups is 1. The third-order valence-electron chi connectivity index (χ3n) is 6.12. The molecule has 2 bridgehead atoms. The van der Waals surface area contributed by atoms with Crippen molar-refractivity contribution in [3.05, 3.63) is 71.8 Å². The van der Waals surface area contributed by atoms with Crippen LogP contribution < -0.4 is 0 Å². The lowest BCUT2D eigenvalue weighted by atomic mass is 9.86. The first kappa shape index (κ1) is 18.7. The molecule has 0 saturated carbocycles. The summed E-state index contributed by atoms with van der Waals surface area (Å²) in [6, 6.07) is 18.6. The minimum Gasteiger partial charge on any atom is -0.458 e. The van der Waals surface area contributed by atoms with Crippen LogP contribution in [0.15, 0.2) is 60.7 Å². The average Bonchev–Trinajstić information content (AvgIpc) is 3.02. The molecule has 0 aromatic heterocycles. The van der Waals surface area contributed by atoms with Crippen molar-refractivity contribution in [2.45, 2.75) is 49.5 Å². The number of carbonyl (C=O) groups excluding carboxylic acids is 1. The molecule has 0 amide bonds. The van der Waals surface area contributed by atoms with Crippen LogP contribution in [0.1, 0.15) is 36.8 Å². The lowest BCUT2D eigenvalue weighted by molar-refractivity contribution is -0.173. The van der Waals surface area contributed by atoms with Gasteiger partial charge in [-0.15, -0.1) is 6.42 Å². The van der Waals surface area contributed by atoms with Gasteiger partial charge in [0.1, 0.15) is 6.10 Å². The predicted molar refractivity (Wildman–Crippen MR) is 107 cm³/mol. The Hall–Kier alpha value is -2.61. The summed E-state index contributed by atoms with van der Waals surface area (Å²) in [7, 11) is 0. The fraction of sp³-hybridized carbons (Fsp3) is 0.375. The molecular formula is C24H25NO3. The minimum atomic E-state index is -1.84. The molecule has 0 aliphatic carbocycles. The van der Waals surface area contributed by atoms with Crippen molar-refractivity contribution in [3.8, 4) is 12.3 Å². The molecule has 2 fully saturated rings. The van der Waals surface area contributed by atoms with Gasteiger partial charge in [0.2, 0.25) is 5.60 Å². The van der Waals surface area contributed by atoms with Gasteiger partial charge in [-0.05, 0) is 36.8 Å². The minimum absolute atomic E-state index is 0.134. The quantitative estimate of drug-likeness (QED) is 0.645. The summed E-state index contributed by atoms with van der Waals surface area (Å²) in [4.78, 5) is 15.6. The maximum absolute atomic E-state index is 13.3. The van der Waals surface area contributed by atoms with Crippen molar-refractivity contribution in [3.63, 3.8) is 0 Å². The predicted octanol–water partition coefficient (Wildman–Crippen LogP) is 3.09. The number of nitrogens with zero attached hydrogens (tertiary/aromatic N) is 1. The summed E-state index contributed by atoms with van der Waals surface area (Å²) in [6.45, 7) is 0.574. The van der Waals surface area contributed by atoms with E-state index in [1.807, 2.05) is 36.4 Å². The molecule has 3 atom stereocenters. The van der Waals surface area contributed by atoms with Gasteiger partial charge < -0.3 is 9.84 Å². The molecule has 0 spiro atoms. The molecule has 144 valence electrons. The number of ether oxygens (including phenoxy) is 1. The monoisotopic (exact) mass is 375 g/mol. The molecule has 2 unspecified atom stereocenters. The lowest BCUT2D eigenvalue weighted by Crippen LogP contribution is -2.51. The summed E-state index contributed by atoms with van der Waals surface area (Å²) < 4.78 is 5.97. The van der Waals surface area contributed by atoms with Crippen LogP contribution in [0.2, 0.25) is 0 Å². The molecule has 2 aromatic carbocycles. The van der Waals surface area contributed by atoms with E-state index in [2.05, 4.69) is 10.8 Å². The van der Waals surface area contributed by atoms with Crippen LogP contribution in [0.5, 0.6) is 0 Å². The number of esters is 1. The largest absolute Gasteiger partial charge is 0.458 e. The first-order chi connectivity index (χ1) is 13.6. The Balaban J connectivity index is 1.63. The van der Waals surface area contributed by atoms with Crippen molar-refractivity contribution < 1.29 is 14.6 Å². The zero-order chi connectivity index (χ0) is 19.6. The molecule has 4 heteroatoms. The Bertz CT molecular complexity index is 819. The number of carbonyl (C=O) groups is 1. The Morgan fingerprint density at radius 1 is 1.04 bits per heavy atom. The van der Waals surface area contributed by atoms with E-state index in [4.69, 9.17) is 11.2 Å². The van der Waals surface area contributed by atoms with Crippen molar-refractivity contribution in [2.75, 3.05) is 6.54 Å². The Morgan fingerprint density at radius 3 is 2.18 bits per heavy atom. The summed E-state index contributed by atoms with van der Waals surface area (Å²) in [5.41, 5.74) is -0.826. The van der Waals surface area contributed by atoms with Crippen LogP contribution in [0.25, 0.3) is 0 Å². The van der Waals surface area contributed by atoms with E-state index in [9.17, 15) is 9.90 Å². The molecule has 2 aromatic rings. The fourth-order valence-corrected chi connectivity index (χ4v) is 4.70. The van der Waals surface area contributed by atoms with Crippen LogP contribution in [0.4, 0.5) is 0 Å². The van der Waals surface area contributed by atoms with Crippen LogP contribution in [0, 0.1) is 12.3 Å². The highest BCUT2D eigenvalue weighted by Gasteiger charge is 2.47. The molecular weight excluding hydrogens is 350 g/mol. The molecule has 1 N–H and O–H groups in total. The summed E-state index contributed by atoms with van der Waals surface area (Å²) in [5.74, 6) is 2.11. The molecule has 4 rings (SSSR count). The first-order valence-electron chi connectivity index (χ1n) is 9.88. The van der Waals surface area contributed by atoms with Crippen LogP contribution >= 0.6 is 0 Å². The van der Waals surface area contributed by atoms with Gasteiger partial charge in [0, 0.05) is 12.1 Å². The average molecular weight is 375 g/mol. The highest BCUT2D eigenvalue weighted by Crippen LogP contribution is 2.39. The molecule has 2 saturated heterocycles. The summed E-state index contributed by atoms with van der Waals surface area (Å²) >= 11 is 0. The highest BCUT2D eigenvalue weighted by atomic mass is 16.6. The van der Waals surface area contributed by atoms with E-state index in [1.54, 1.807) is 24.3 Å². The summed E-state index contributed by atoms with van der Waals surface area (Å²) in [5, 5.41) is 11.6. The van der Waals surface area contributed by atoms with Crippen molar-refractivity contribution in [2.24, 2.45) is 0 Å². The van der Waals surface area contributed by atoms with E-state index >= 15 is 0 Å². The van der Waals surface area contributed by atoms with Gasteiger partial charge in [0.25, 0.3) is 0 Å². The number of piperidine rings is 1. The van der Waals surface area contributed by atoms with Crippen LogP contribution in [-0.2, 0) is 15.1 Å². The van der Waals surface area contributed by atoms with Crippen LogP contribution in [0.3, 0.4) is 0 Å². The standard InChI is InChI=1S/C24H25NO3/c1-2-17-25-20-13-15-21(25)22(16-14-20)28-23(26)24(27,18-9-5-3-6-10-18)19-11-7-4-8-12-19/h1,3-12,20-22,27H,13-17H2/t20?,21-,22?/m1/s1. The van der Waals surface area contributed by atoms with Crippen molar-refractivity contribution in [1.29, 1.82) is 0 Å². The maximum atomic E-state index is 13.3. The molecule has 2 heterocycles. The Labute approximate surface area is 166 Å². The van der Waals surface area contributed by atoms with Gasteiger partial charge in [-0.3, -0.25) is 4.90 Å². The van der Waals surface area contributed by atoms with Gasteiger partial charge >= 0.3 is 5.97 Å². The molecule has 0 radical (unpaired) electrons. The van der Waals surface area contributed by atoms with Gasteiger partial charge in [0.05, 0.1) is 6.54 Å². The second kappa shape index (κ2) is 7.79. The van der Waals surface area contributed by atoms with E-state index in [0.29, 0.717) is 23.7 Å². The first-order valence-corrected chi connectivity index (χ1v) is 9.88. The summed E-state index contributed by atoms with van der Waals surface area (Å²) in [6.07, 6.45) is 9.12. The normalized spacial score (nSPS) is 24.5. The van der Waals surface area contributed by atoms with Gasteiger partial charge in [-0.1, -0.05) is 66.6 Å². The fourth-order valence-electron chi connectivity index (χ4n) is 4.70. The molecule has 28 heavy (non-hydrogen) atoms. The SMILES string of the molecule is C#CCN1C2CCC(OC(=O)C(O)(c3ccccc3)c3ccccc3)[C@H]1CC2. The molecule has 2 aliphatic heterocycles. The smallest absolute Gasteiger partial charge is 0.348 e. The Kier molecular flexibility index (Phi) is 5.21. The number of hydrogen-bond acceptors (Lipinski definition) is 4. The van der Waals surface area contributed by atoms with Gasteiger partial charge in [0.15, 0.2) is 0 Å². The van der Waals surface area contributed by atoms with Crippen molar-refractivity contribution in [1.82, 2.24) is 4.90 Å². The van der Waals surface area contributed by atoms with E-state index in [1.165, 1.54) is 0 Å².